The van der Waals surface area contributed by atoms with Gasteiger partial charge in [0.2, 0.25) is 5.82 Å². The molecule has 1 aliphatic rings. The Morgan fingerprint density at radius 2 is 1.52 bits per heavy atom. The van der Waals surface area contributed by atoms with Crippen LogP contribution in [-0.4, -0.2) is 24.4 Å². The topological polar surface area (TPSA) is 41.9 Å². The zero-order valence-corrected chi connectivity index (χ0v) is 15.3. The Bertz CT molecular complexity index is 1100. The molecule has 0 radical (unpaired) electrons. The first kappa shape index (κ1) is 22.2. The number of benzene rings is 2. The van der Waals surface area contributed by atoms with E-state index < -0.39 is 53.5 Å². The van der Waals surface area contributed by atoms with Gasteiger partial charge in [-0.15, -0.1) is 0 Å². The lowest BCUT2D eigenvalue weighted by atomic mass is 10.1. The molecule has 12 heteroatoms. The van der Waals surface area contributed by atoms with Crippen molar-refractivity contribution < 1.29 is 44.7 Å². The van der Waals surface area contributed by atoms with E-state index in [2.05, 4.69) is 9.84 Å². The number of hydrogen-bond acceptors (Lipinski definition) is 3. The lowest BCUT2D eigenvalue weighted by Gasteiger charge is -2.15. The van der Waals surface area contributed by atoms with E-state index in [1.807, 2.05) is 0 Å². The van der Waals surface area contributed by atoms with Crippen molar-refractivity contribution in [1.82, 2.24) is 0 Å². The second-order valence-corrected chi connectivity index (χ2v) is 6.22. The second kappa shape index (κ2) is 8.00. The van der Waals surface area contributed by atoms with Crippen molar-refractivity contribution in [3.8, 4) is 5.75 Å². The lowest BCUT2D eigenvalue weighted by molar-refractivity contribution is -0.153. The zero-order chi connectivity index (χ0) is 23.1. The fraction of sp³-hybridized carbons (Fsp3) is 0.158. The maximum absolute atomic E-state index is 14.1. The summed E-state index contributed by atoms with van der Waals surface area (Å²) in [7, 11) is 0. The number of anilines is 1. The van der Waals surface area contributed by atoms with Crippen LogP contribution in [0.15, 0.2) is 34.9 Å². The Hall–Kier alpha value is -3.44. The van der Waals surface area contributed by atoms with Crippen LogP contribution >= 0.6 is 0 Å². The van der Waals surface area contributed by atoms with Crippen molar-refractivity contribution >= 4 is 23.4 Å². The van der Waals surface area contributed by atoms with E-state index in [0.717, 1.165) is 6.08 Å². The smallest absolute Gasteiger partial charge is 0.422 e. The lowest BCUT2D eigenvalue weighted by Crippen LogP contribution is -2.25. The van der Waals surface area contributed by atoms with Gasteiger partial charge in [0.1, 0.15) is 11.4 Å². The van der Waals surface area contributed by atoms with Gasteiger partial charge in [0.05, 0.1) is 11.3 Å². The van der Waals surface area contributed by atoms with Gasteiger partial charge in [0.25, 0.3) is 5.91 Å². The van der Waals surface area contributed by atoms with E-state index in [1.54, 1.807) is 0 Å². The molecule has 0 unspecified atom stereocenters. The van der Waals surface area contributed by atoms with E-state index in [-0.39, 0.29) is 27.6 Å². The van der Waals surface area contributed by atoms with Gasteiger partial charge in [-0.2, -0.15) is 23.3 Å². The Balaban J connectivity index is 2.02. The average molecular weight is 450 g/mol. The van der Waals surface area contributed by atoms with Crippen molar-refractivity contribution in [2.75, 3.05) is 11.6 Å². The minimum absolute atomic E-state index is 0.00336. The summed E-state index contributed by atoms with van der Waals surface area (Å²) in [5, 5.41) is 3.54. The molecule has 0 fully saturated rings. The molecule has 0 spiro atoms. The summed E-state index contributed by atoms with van der Waals surface area (Å²) in [6.45, 7) is -0.417. The van der Waals surface area contributed by atoms with Gasteiger partial charge in [0.15, 0.2) is 29.9 Å². The van der Waals surface area contributed by atoms with E-state index in [9.17, 15) is 39.9 Å². The molecule has 1 amide bonds. The van der Waals surface area contributed by atoms with Gasteiger partial charge in [-0.25, -0.2) is 22.0 Å². The van der Waals surface area contributed by atoms with Gasteiger partial charge < -0.3 is 4.74 Å². The standard InChI is InChI=1S/C19H10F8N2O2/c1-8-10(6-9-4-2-3-5-11(9)31-7-19(25,26)27)18(30)29(28-8)17-15(23)13(21)12(20)14(22)16(17)24/h2-6H,7H2,1H3/b10-6-. The van der Waals surface area contributed by atoms with Gasteiger partial charge in [-0.3, -0.25) is 4.79 Å². The minimum atomic E-state index is -4.64. The van der Waals surface area contributed by atoms with E-state index in [0.29, 0.717) is 0 Å². The van der Waals surface area contributed by atoms with Crippen LogP contribution in [0.5, 0.6) is 5.75 Å². The van der Waals surface area contributed by atoms with Gasteiger partial charge in [0, 0.05) is 5.56 Å². The SMILES string of the molecule is CC1=NN(c2c(F)c(F)c(F)c(F)c2F)C(=O)/C1=C\c1ccccc1OCC(F)(F)F. The highest BCUT2D eigenvalue weighted by atomic mass is 19.4. The van der Waals surface area contributed by atoms with Crippen LogP contribution in [0.3, 0.4) is 0 Å². The number of hydrogen-bond donors (Lipinski definition) is 0. The van der Waals surface area contributed by atoms with Crippen molar-refractivity contribution in [3.63, 3.8) is 0 Å². The van der Waals surface area contributed by atoms with Crippen LogP contribution in [0.2, 0.25) is 0 Å². The Morgan fingerprint density at radius 3 is 2.10 bits per heavy atom. The first-order valence-corrected chi connectivity index (χ1v) is 8.34. The summed E-state index contributed by atoms with van der Waals surface area (Å²) in [5.74, 6) is -13.0. The predicted octanol–water partition coefficient (Wildman–Crippen LogP) is 5.13. The molecule has 0 saturated heterocycles. The monoisotopic (exact) mass is 450 g/mol. The largest absolute Gasteiger partial charge is 0.484 e. The van der Waals surface area contributed by atoms with Crippen LogP contribution in [0, 0.1) is 29.1 Å². The summed E-state index contributed by atoms with van der Waals surface area (Å²) >= 11 is 0. The number of alkyl halides is 3. The number of para-hydroxylation sites is 1. The fourth-order valence-corrected chi connectivity index (χ4v) is 2.66. The molecule has 0 aliphatic carbocycles. The molecule has 1 heterocycles. The van der Waals surface area contributed by atoms with E-state index in [4.69, 9.17) is 0 Å². The summed E-state index contributed by atoms with van der Waals surface area (Å²) < 4.78 is 110. The maximum atomic E-state index is 14.1. The molecule has 0 N–H and O–H groups in total. The number of amides is 1. The van der Waals surface area contributed by atoms with E-state index >= 15 is 0 Å². The summed E-state index contributed by atoms with van der Waals surface area (Å²) in [6, 6.07) is 5.26. The van der Waals surface area contributed by atoms with Crippen molar-refractivity contribution in [2.24, 2.45) is 5.10 Å². The molecule has 0 bridgehead atoms. The first-order valence-electron chi connectivity index (χ1n) is 8.34. The molecule has 1 aliphatic heterocycles. The third-order valence-electron chi connectivity index (χ3n) is 4.07. The fourth-order valence-electron chi connectivity index (χ4n) is 2.66. The Labute approximate surface area is 169 Å². The summed E-state index contributed by atoms with van der Waals surface area (Å²) in [4.78, 5) is 12.6. The molecule has 0 aromatic heterocycles. The highest BCUT2D eigenvalue weighted by Gasteiger charge is 2.37. The van der Waals surface area contributed by atoms with Crippen molar-refractivity contribution in [2.45, 2.75) is 13.1 Å². The first-order chi connectivity index (χ1) is 14.4. The maximum Gasteiger partial charge on any atom is 0.422 e. The van der Waals surface area contributed by atoms with Gasteiger partial charge in [-0.1, -0.05) is 18.2 Å². The molecule has 2 aromatic rings. The van der Waals surface area contributed by atoms with Crippen LogP contribution in [0.25, 0.3) is 6.08 Å². The second-order valence-electron chi connectivity index (χ2n) is 6.22. The molecule has 3 rings (SSSR count). The van der Waals surface area contributed by atoms with Gasteiger partial charge in [-0.05, 0) is 19.1 Å². The molecular formula is C19H10F8N2O2. The molecule has 4 nitrogen and oxygen atoms in total. The molecule has 164 valence electrons. The summed E-state index contributed by atoms with van der Waals surface area (Å²) in [6.07, 6.45) is -3.61. The van der Waals surface area contributed by atoms with Crippen LogP contribution in [0.1, 0.15) is 12.5 Å². The number of nitrogens with zero attached hydrogens (tertiary/aromatic N) is 2. The normalized spacial score (nSPS) is 15.6. The molecule has 0 saturated carbocycles. The average Bonchev–Trinajstić information content (AvgIpc) is 2.98. The minimum Gasteiger partial charge on any atom is -0.484 e. The number of rotatable bonds is 4. The van der Waals surface area contributed by atoms with Crippen LogP contribution < -0.4 is 9.75 Å². The number of hydrazone groups is 1. The summed E-state index contributed by atoms with van der Waals surface area (Å²) in [5.41, 5.74) is -2.12. The highest BCUT2D eigenvalue weighted by Crippen LogP contribution is 2.34. The molecule has 0 atom stereocenters. The quantitative estimate of drug-likeness (QED) is 0.281. The van der Waals surface area contributed by atoms with Crippen LogP contribution in [0.4, 0.5) is 40.8 Å². The zero-order valence-electron chi connectivity index (χ0n) is 15.3. The highest BCUT2D eigenvalue weighted by molar-refractivity contribution is 6.32. The molecular weight excluding hydrogens is 440 g/mol. The number of carbonyl (C=O) groups is 1. The number of carbonyl (C=O) groups excluding carboxylic acids is 1. The van der Waals surface area contributed by atoms with E-state index in [1.165, 1.54) is 31.2 Å². The molecule has 2 aromatic carbocycles. The van der Waals surface area contributed by atoms with Crippen molar-refractivity contribution in [3.05, 3.63) is 64.5 Å². The predicted molar refractivity (Wildman–Crippen MR) is 92.8 cm³/mol. The third kappa shape index (κ3) is 4.23. The molecule has 31 heavy (non-hydrogen) atoms. The Morgan fingerprint density at radius 1 is 0.968 bits per heavy atom. The number of ether oxygens (including phenoxy) is 1. The van der Waals surface area contributed by atoms with Gasteiger partial charge >= 0.3 is 6.18 Å². The van der Waals surface area contributed by atoms with Crippen molar-refractivity contribution in [1.29, 1.82) is 0 Å². The third-order valence-corrected chi connectivity index (χ3v) is 4.07. The number of halogens is 8. The van der Waals surface area contributed by atoms with Crippen LogP contribution in [-0.2, 0) is 4.79 Å². The Kier molecular flexibility index (Phi) is 5.74.